The molecule has 1 rings (SSSR count). The molecule has 0 aliphatic carbocycles. The van der Waals surface area contributed by atoms with Crippen molar-refractivity contribution in [3.63, 3.8) is 0 Å². The van der Waals surface area contributed by atoms with Crippen LogP contribution in [-0.2, 0) is 0 Å². The van der Waals surface area contributed by atoms with Gasteiger partial charge in [-0.25, -0.2) is 13.2 Å². The first-order chi connectivity index (χ1) is 7.45. The van der Waals surface area contributed by atoms with Gasteiger partial charge in [0.1, 0.15) is 0 Å². The van der Waals surface area contributed by atoms with Crippen molar-refractivity contribution >= 4 is 0 Å². The van der Waals surface area contributed by atoms with Gasteiger partial charge in [-0.1, -0.05) is 20.8 Å². The highest BCUT2D eigenvalue weighted by molar-refractivity contribution is 5.23. The van der Waals surface area contributed by atoms with Crippen LogP contribution in [0.2, 0.25) is 0 Å². The van der Waals surface area contributed by atoms with Gasteiger partial charge in [-0.2, -0.15) is 0 Å². The van der Waals surface area contributed by atoms with Crippen LogP contribution in [0, 0.1) is 23.4 Å². The van der Waals surface area contributed by atoms with E-state index in [9.17, 15) is 13.2 Å². The molecule has 0 aliphatic rings. The molecule has 0 N–H and O–H groups in total. The first-order valence-corrected chi connectivity index (χ1v) is 5.60. The number of benzene rings is 1. The molecule has 90 valence electrons. The van der Waals surface area contributed by atoms with E-state index < -0.39 is 17.5 Å². The van der Waals surface area contributed by atoms with Gasteiger partial charge in [-0.05, 0) is 42.4 Å². The van der Waals surface area contributed by atoms with Gasteiger partial charge in [0.25, 0.3) is 0 Å². The Hall–Kier alpha value is -0.990. The summed E-state index contributed by atoms with van der Waals surface area (Å²) in [6.07, 6.45) is 1.64. The Balaban J connectivity index is 3.01. The third-order valence-electron chi connectivity index (χ3n) is 2.73. The first kappa shape index (κ1) is 13.1. The Bertz CT molecular complexity index is 335. The van der Waals surface area contributed by atoms with Crippen LogP contribution in [0.25, 0.3) is 0 Å². The van der Waals surface area contributed by atoms with E-state index >= 15 is 0 Å². The largest absolute Gasteiger partial charge is 0.204 e. The van der Waals surface area contributed by atoms with E-state index in [4.69, 9.17) is 0 Å². The normalized spacial score (nSPS) is 13.2. The summed E-state index contributed by atoms with van der Waals surface area (Å²) in [5, 5.41) is 0. The summed E-state index contributed by atoms with van der Waals surface area (Å²) >= 11 is 0. The Labute approximate surface area is 94.5 Å². The van der Waals surface area contributed by atoms with Gasteiger partial charge in [-0.15, -0.1) is 0 Å². The lowest BCUT2D eigenvalue weighted by molar-refractivity contribution is 0.436. The van der Waals surface area contributed by atoms with E-state index in [1.807, 2.05) is 6.92 Å². The van der Waals surface area contributed by atoms with Crippen molar-refractivity contribution in [3.05, 3.63) is 35.1 Å². The zero-order chi connectivity index (χ0) is 12.3. The van der Waals surface area contributed by atoms with E-state index in [1.54, 1.807) is 0 Å². The van der Waals surface area contributed by atoms with Crippen molar-refractivity contribution in [3.8, 4) is 0 Å². The highest BCUT2D eigenvalue weighted by Gasteiger charge is 2.17. The second-order valence-electron chi connectivity index (χ2n) is 4.53. The number of hydrogen-bond donors (Lipinski definition) is 0. The van der Waals surface area contributed by atoms with Crippen molar-refractivity contribution in [1.82, 2.24) is 0 Å². The fourth-order valence-corrected chi connectivity index (χ4v) is 1.92. The predicted molar refractivity (Wildman–Crippen MR) is 58.8 cm³/mol. The molecule has 0 aliphatic heterocycles. The molecule has 0 nitrogen and oxygen atoms in total. The summed E-state index contributed by atoms with van der Waals surface area (Å²) in [6.45, 7) is 6.07. The summed E-state index contributed by atoms with van der Waals surface area (Å²) in [5.74, 6) is -3.05. The molecule has 0 bridgehead atoms. The molecule has 1 aromatic rings. The molecule has 0 spiro atoms. The Morgan fingerprint density at radius 2 is 1.56 bits per heavy atom. The minimum absolute atomic E-state index is 0.0876. The maximum Gasteiger partial charge on any atom is 0.194 e. The summed E-state index contributed by atoms with van der Waals surface area (Å²) in [6, 6.07) is 2.21. The van der Waals surface area contributed by atoms with E-state index in [1.165, 1.54) is 0 Å². The molecular formula is C13H17F3. The van der Waals surface area contributed by atoms with Gasteiger partial charge in [0.05, 0.1) is 0 Å². The van der Waals surface area contributed by atoms with Crippen molar-refractivity contribution < 1.29 is 13.2 Å². The molecule has 1 unspecified atom stereocenters. The summed E-state index contributed by atoms with van der Waals surface area (Å²) in [4.78, 5) is 0. The highest BCUT2D eigenvalue weighted by atomic mass is 19.2. The third kappa shape index (κ3) is 3.00. The lowest BCUT2D eigenvalue weighted by atomic mass is 9.88. The van der Waals surface area contributed by atoms with Gasteiger partial charge in [0.2, 0.25) is 0 Å². The maximum absolute atomic E-state index is 13.1. The van der Waals surface area contributed by atoms with Crippen molar-refractivity contribution in [2.75, 3.05) is 0 Å². The lowest BCUT2D eigenvalue weighted by Gasteiger charge is -2.18. The fourth-order valence-electron chi connectivity index (χ4n) is 1.92. The quantitative estimate of drug-likeness (QED) is 0.661. The molecule has 0 saturated carbocycles. The molecule has 0 fully saturated rings. The zero-order valence-corrected chi connectivity index (χ0v) is 9.86. The average molecular weight is 230 g/mol. The van der Waals surface area contributed by atoms with E-state index in [0.717, 1.165) is 25.0 Å². The number of halogens is 3. The van der Waals surface area contributed by atoms with Crippen LogP contribution in [0.15, 0.2) is 12.1 Å². The zero-order valence-electron chi connectivity index (χ0n) is 9.86. The van der Waals surface area contributed by atoms with Gasteiger partial charge in [0.15, 0.2) is 17.5 Å². The monoisotopic (exact) mass is 230 g/mol. The van der Waals surface area contributed by atoms with E-state index in [0.29, 0.717) is 11.5 Å². The lowest BCUT2D eigenvalue weighted by Crippen LogP contribution is -2.04. The summed E-state index contributed by atoms with van der Waals surface area (Å²) in [7, 11) is 0. The second kappa shape index (κ2) is 5.37. The summed E-state index contributed by atoms with van der Waals surface area (Å²) < 4.78 is 38.9. The molecule has 1 atom stereocenters. The smallest absolute Gasteiger partial charge is 0.194 e. The van der Waals surface area contributed by atoms with Gasteiger partial charge >= 0.3 is 0 Å². The van der Waals surface area contributed by atoms with E-state index in [2.05, 4.69) is 13.8 Å². The van der Waals surface area contributed by atoms with Gasteiger partial charge in [-0.3, -0.25) is 0 Å². The van der Waals surface area contributed by atoms with Crippen LogP contribution in [0.5, 0.6) is 0 Å². The fraction of sp³-hybridized carbons (Fsp3) is 0.538. The minimum Gasteiger partial charge on any atom is -0.204 e. The molecule has 16 heavy (non-hydrogen) atoms. The molecule has 1 aromatic carbocycles. The first-order valence-electron chi connectivity index (χ1n) is 5.60. The second-order valence-corrected chi connectivity index (χ2v) is 4.53. The molecule has 0 aromatic heterocycles. The maximum atomic E-state index is 13.1. The molecule has 0 amide bonds. The van der Waals surface area contributed by atoms with Gasteiger partial charge in [0, 0.05) is 0 Å². The molecular weight excluding hydrogens is 213 g/mol. The molecule has 3 heteroatoms. The Morgan fingerprint density at radius 1 is 1.06 bits per heavy atom. The Morgan fingerprint density at radius 3 is 1.94 bits per heavy atom. The number of hydrogen-bond acceptors (Lipinski definition) is 0. The average Bonchev–Trinajstić information content (AvgIpc) is 2.21. The van der Waals surface area contributed by atoms with Crippen molar-refractivity contribution in [2.24, 2.45) is 5.92 Å². The van der Waals surface area contributed by atoms with Crippen molar-refractivity contribution in [2.45, 2.75) is 39.5 Å². The molecule has 0 heterocycles. The van der Waals surface area contributed by atoms with Crippen LogP contribution in [0.4, 0.5) is 13.2 Å². The van der Waals surface area contributed by atoms with Crippen LogP contribution in [0.3, 0.4) is 0 Å². The van der Waals surface area contributed by atoms with Gasteiger partial charge < -0.3 is 0 Å². The van der Waals surface area contributed by atoms with E-state index in [-0.39, 0.29) is 5.92 Å². The third-order valence-corrected chi connectivity index (χ3v) is 2.73. The SMILES string of the molecule is CCC(CC(C)C)c1cc(F)c(F)c(F)c1. The van der Waals surface area contributed by atoms with Crippen LogP contribution < -0.4 is 0 Å². The van der Waals surface area contributed by atoms with Crippen LogP contribution in [0.1, 0.15) is 45.1 Å². The standard InChI is InChI=1S/C13H17F3/c1-4-9(5-8(2)3)10-6-11(14)13(16)12(15)7-10/h6-9H,4-5H2,1-3H3. The van der Waals surface area contributed by atoms with Crippen LogP contribution in [-0.4, -0.2) is 0 Å². The predicted octanol–water partition coefficient (Wildman–Crippen LogP) is 4.64. The topological polar surface area (TPSA) is 0 Å². The summed E-state index contributed by atoms with van der Waals surface area (Å²) in [5.41, 5.74) is 0.549. The highest BCUT2D eigenvalue weighted by Crippen LogP contribution is 2.28. The number of rotatable bonds is 4. The van der Waals surface area contributed by atoms with Crippen LogP contribution >= 0.6 is 0 Å². The molecule has 0 saturated heterocycles. The van der Waals surface area contributed by atoms with Crippen molar-refractivity contribution in [1.29, 1.82) is 0 Å². The Kier molecular flexibility index (Phi) is 4.39. The minimum atomic E-state index is -1.39. The molecule has 0 radical (unpaired) electrons.